The topological polar surface area (TPSA) is 48.3 Å². The van der Waals surface area contributed by atoms with Gasteiger partial charge in [-0.2, -0.15) is 22.0 Å². The third-order valence-corrected chi connectivity index (χ3v) is 3.56. The molecule has 1 radical (unpaired) electrons. The van der Waals surface area contributed by atoms with Gasteiger partial charge in [0.05, 0.1) is 5.52 Å². The van der Waals surface area contributed by atoms with Gasteiger partial charge in [-0.1, -0.05) is 18.2 Å². The second kappa shape index (κ2) is 6.94. The Morgan fingerprint density at radius 1 is 1.07 bits per heavy atom. The third kappa shape index (κ3) is 4.45. The molecule has 9 heteroatoms. The minimum atomic E-state index is -5.97. The fraction of sp³-hybridized carbons (Fsp3) is 0.389. The lowest BCUT2D eigenvalue weighted by Gasteiger charge is -2.19. The van der Waals surface area contributed by atoms with Crippen molar-refractivity contribution in [3.8, 4) is 0 Å². The van der Waals surface area contributed by atoms with Crippen LogP contribution >= 0.6 is 0 Å². The molecule has 0 bridgehead atoms. The highest BCUT2D eigenvalue weighted by Crippen LogP contribution is 2.37. The fourth-order valence-corrected chi connectivity index (χ4v) is 2.35. The number of rotatable bonds is 4. The first-order valence-corrected chi connectivity index (χ1v) is 7.88. The molecule has 147 valence electrons. The molecule has 1 heterocycles. The van der Waals surface area contributed by atoms with Crippen LogP contribution in [0.15, 0.2) is 30.5 Å². The van der Waals surface area contributed by atoms with Crippen LogP contribution in [0.5, 0.6) is 0 Å². The van der Waals surface area contributed by atoms with Crippen LogP contribution in [-0.4, -0.2) is 34.1 Å². The van der Waals surface area contributed by atoms with Crippen molar-refractivity contribution in [2.45, 2.75) is 44.9 Å². The summed E-state index contributed by atoms with van der Waals surface area (Å²) in [4.78, 5) is 23.6. The Balaban J connectivity index is 2.30. The highest BCUT2D eigenvalue weighted by atomic mass is 19.4. The summed E-state index contributed by atoms with van der Waals surface area (Å²) in [5.74, 6) is -7.81. The van der Waals surface area contributed by atoms with Crippen molar-refractivity contribution in [2.24, 2.45) is 0 Å². The van der Waals surface area contributed by atoms with Crippen LogP contribution in [0.1, 0.15) is 26.3 Å². The number of ether oxygens (including phenoxy) is 1. The molecular formula is C18H17F5NO3. The first kappa shape index (κ1) is 20.9. The molecular weight excluding hydrogens is 373 g/mol. The average Bonchev–Trinajstić information content (AvgIpc) is 2.89. The predicted molar refractivity (Wildman–Crippen MR) is 87.6 cm³/mol. The third-order valence-electron chi connectivity index (χ3n) is 3.56. The second-order valence-corrected chi connectivity index (χ2v) is 6.87. The lowest BCUT2D eigenvalue weighted by atomic mass is 10.0. The second-order valence-electron chi connectivity index (χ2n) is 6.87. The molecule has 0 aliphatic rings. The van der Waals surface area contributed by atoms with Crippen LogP contribution in [0.25, 0.3) is 10.9 Å². The molecule has 0 aliphatic heterocycles. The minimum absolute atomic E-state index is 0.239. The number of halogens is 5. The Labute approximate surface area is 151 Å². The Morgan fingerprint density at radius 3 is 2.22 bits per heavy atom. The van der Waals surface area contributed by atoms with Crippen molar-refractivity contribution in [1.29, 1.82) is 0 Å². The molecule has 0 aliphatic carbocycles. The van der Waals surface area contributed by atoms with E-state index in [0.29, 0.717) is 10.9 Å². The van der Waals surface area contributed by atoms with Gasteiger partial charge in [0.15, 0.2) is 0 Å². The first-order chi connectivity index (χ1) is 12.2. The van der Waals surface area contributed by atoms with E-state index in [9.17, 15) is 31.5 Å². The number of ketones is 1. The van der Waals surface area contributed by atoms with Gasteiger partial charge in [-0.15, -0.1) is 0 Å². The number of benzene rings is 1. The maximum atomic E-state index is 13.1. The van der Waals surface area contributed by atoms with E-state index >= 15 is 0 Å². The van der Waals surface area contributed by atoms with E-state index in [0.717, 1.165) is 4.57 Å². The van der Waals surface area contributed by atoms with Crippen LogP contribution in [0.3, 0.4) is 0 Å². The van der Waals surface area contributed by atoms with Gasteiger partial charge in [0.25, 0.3) is 0 Å². The van der Waals surface area contributed by atoms with Gasteiger partial charge in [0.2, 0.25) is 5.78 Å². The van der Waals surface area contributed by atoms with Crippen molar-refractivity contribution in [1.82, 2.24) is 4.57 Å². The number of carbonyl (C=O) groups excluding carboxylic acids is 2. The highest BCUT2D eigenvalue weighted by Gasteiger charge is 2.62. The van der Waals surface area contributed by atoms with Crippen molar-refractivity contribution in [2.75, 3.05) is 0 Å². The smallest absolute Gasteiger partial charge is 0.443 e. The number of fused-ring (bicyclic) bond motifs is 1. The molecule has 0 spiro atoms. The molecule has 1 aromatic carbocycles. The zero-order chi connectivity index (χ0) is 20.6. The van der Waals surface area contributed by atoms with E-state index in [2.05, 4.69) is 0 Å². The summed E-state index contributed by atoms with van der Waals surface area (Å²) in [6, 6.07) is 6.36. The van der Waals surface area contributed by atoms with Gasteiger partial charge in [-0.25, -0.2) is 4.79 Å². The van der Waals surface area contributed by atoms with Gasteiger partial charge in [-0.3, -0.25) is 9.36 Å². The lowest BCUT2D eigenvalue weighted by molar-refractivity contribution is -0.267. The largest absolute Gasteiger partial charge is 0.461 e. The quantitative estimate of drug-likeness (QED) is 0.695. The van der Waals surface area contributed by atoms with E-state index in [1.807, 2.05) is 0 Å². The molecule has 27 heavy (non-hydrogen) atoms. The van der Waals surface area contributed by atoms with E-state index in [-0.39, 0.29) is 12.0 Å². The van der Waals surface area contributed by atoms with Crippen LogP contribution in [0.2, 0.25) is 0 Å². The van der Waals surface area contributed by atoms with Gasteiger partial charge < -0.3 is 4.74 Å². The Bertz CT molecular complexity index is 862. The molecule has 2 aromatic rings. The SMILES string of the molecule is CC(C)(C)OC(=O)n1cc(C[CH]C(=O)C(F)(F)C(F)(F)F)c2ccccc21. The Hall–Kier alpha value is -2.45. The predicted octanol–water partition coefficient (Wildman–Crippen LogP) is 4.94. The standard InChI is InChI=1S/C18H17F5NO3/c1-16(2,3)27-15(26)24-10-11(12-6-4-5-7-13(12)24)8-9-14(25)17(19,20)18(21,22)23/h4-7,9-10H,8H2,1-3H3. The van der Waals surface area contributed by atoms with Gasteiger partial charge >= 0.3 is 18.2 Å². The number of hydrogen-bond acceptors (Lipinski definition) is 3. The molecule has 2 rings (SSSR count). The summed E-state index contributed by atoms with van der Waals surface area (Å²) < 4.78 is 69.3. The number of carbonyl (C=O) groups is 2. The maximum absolute atomic E-state index is 13.1. The molecule has 4 nitrogen and oxygen atoms in total. The number of para-hydroxylation sites is 1. The summed E-state index contributed by atoms with van der Waals surface area (Å²) in [6.45, 7) is 4.97. The molecule has 0 atom stereocenters. The number of aromatic nitrogens is 1. The minimum Gasteiger partial charge on any atom is -0.443 e. The van der Waals surface area contributed by atoms with Gasteiger partial charge in [0.1, 0.15) is 5.60 Å². The number of hydrogen-bond donors (Lipinski definition) is 0. The molecule has 0 saturated carbocycles. The van der Waals surface area contributed by atoms with Crippen molar-refractivity contribution >= 4 is 22.8 Å². The number of nitrogens with zero attached hydrogens (tertiary/aromatic N) is 1. The molecule has 0 N–H and O–H groups in total. The summed E-state index contributed by atoms with van der Waals surface area (Å²) in [5, 5.41) is 0.433. The molecule has 0 unspecified atom stereocenters. The molecule has 0 saturated heterocycles. The van der Waals surface area contributed by atoms with Crippen molar-refractivity contribution in [3.05, 3.63) is 42.4 Å². The Kier molecular flexibility index (Phi) is 5.36. The summed E-state index contributed by atoms with van der Waals surface area (Å²) >= 11 is 0. The normalized spacial score (nSPS) is 13.0. The van der Waals surface area contributed by atoms with Crippen LogP contribution < -0.4 is 0 Å². The Morgan fingerprint density at radius 2 is 1.67 bits per heavy atom. The van der Waals surface area contributed by atoms with E-state index < -0.39 is 36.0 Å². The van der Waals surface area contributed by atoms with Crippen LogP contribution in [0.4, 0.5) is 26.7 Å². The molecule has 0 amide bonds. The highest BCUT2D eigenvalue weighted by molar-refractivity contribution is 5.96. The summed E-state index contributed by atoms with van der Waals surface area (Å²) in [6.07, 6.45) is -5.67. The van der Waals surface area contributed by atoms with E-state index in [1.54, 1.807) is 45.0 Å². The molecule has 1 aromatic heterocycles. The monoisotopic (exact) mass is 390 g/mol. The van der Waals surface area contributed by atoms with Crippen molar-refractivity contribution < 1.29 is 36.3 Å². The zero-order valence-corrected chi connectivity index (χ0v) is 14.7. The maximum Gasteiger partial charge on any atom is 0.461 e. The van der Waals surface area contributed by atoms with Crippen LogP contribution in [-0.2, 0) is 16.0 Å². The lowest BCUT2D eigenvalue weighted by Crippen LogP contribution is -2.44. The average molecular weight is 390 g/mol. The number of Topliss-reactive ketones (excluding diaryl/α,β-unsaturated/α-hetero) is 1. The number of alkyl halides is 5. The fourth-order valence-electron chi connectivity index (χ4n) is 2.35. The van der Waals surface area contributed by atoms with Crippen LogP contribution in [0, 0.1) is 6.42 Å². The van der Waals surface area contributed by atoms with E-state index in [1.165, 1.54) is 6.20 Å². The zero-order valence-electron chi connectivity index (χ0n) is 14.7. The summed E-state index contributed by atoms with van der Waals surface area (Å²) in [5.41, 5.74) is -0.174. The van der Waals surface area contributed by atoms with Gasteiger partial charge in [0, 0.05) is 18.0 Å². The molecule has 0 fully saturated rings. The van der Waals surface area contributed by atoms with E-state index in [4.69, 9.17) is 4.74 Å². The van der Waals surface area contributed by atoms with Crippen molar-refractivity contribution in [3.63, 3.8) is 0 Å². The summed E-state index contributed by atoms with van der Waals surface area (Å²) in [7, 11) is 0. The first-order valence-electron chi connectivity index (χ1n) is 7.88. The van der Waals surface area contributed by atoms with Gasteiger partial charge in [-0.05, 0) is 38.8 Å².